The Morgan fingerprint density at radius 2 is 0.700 bits per heavy atom. The van der Waals surface area contributed by atoms with Gasteiger partial charge in [-0.1, -0.05) is 61.8 Å². The van der Waals surface area contributed by atoms with E-state index < -0.39 is 0 Å². The summed E-state index contributed by atoms with van der Waals surface area (Å²) in [4.78, 5) is 12.6. The van der Waals surface area contributed by atoms with Gasteiger partial charge in [-0.25, -0.2) is 0 Å². The maximum atomic E-state index is 5.24. The predicted molar refractivity (Wildman–Crippen MR) is 177 cm³/mol. The molecule has 0 aromatic heterocycles. The summed E-state index contributed by atoms with van der Waals surface area (Å²) < 4.78 is 5.24. The minimum Gasteiger partial charge on any atom is -0.379 e. The van der Waals surface area contributed by atoms with Crippen molar-refractivity contribution in [2.45, 2.75) is 87.5 Å². The molecule has 0 aromatic carbocycles. The van der Waals surface area contributed by atoms with Crippen LogP contribution in [0.1, 0.15) is 87.5 Å². The first-order valence-corrected chi connectivity index (χ1v) is 17.2. The molecule has 0 aliphatic carbocycles. The van der Waals surface area contributed by atoms with Crippen LogP contribution in [0.2, 0.25) is 0 Å². The van der Waals surface area contributed by atoms with Crippen molar-refractivity contribution in [3.8, 4) is 0 Å². The number of piperazine rings is 1. The van der Waals surface area contributed by atoms with Crippen LogP contribution in [0.25, 0.3) is 0 Å². The monoisotopic (exact) mass is 568 g/mol. The molecule has 4 aliphatic rings. The first-order valence-electron chi connectivity index (χ1n) is 17.2. The van der Waals surface area contributed by atoms with Crippen molar-refractivity contribution in [2.75, 3.05) is 112 Å². The highest BCUT2D eigenvalue weighted by Gasteiger charge is 2.14. The standard InChI is InChI=1S/C9H20N2.C9H19N.C8H17NO.C8H17N/c1-9(2)8-11-6-4-10(3)5-7-11;1-9(2)8-10-6-4-3-5-7-10;1-8(2)7-9-3-5-10-6-4-9;1-8(2)7-9-5-3-4-6-9/h9H,4-8H2,1-3H3;9H,3-8H2,1-2H3;8H,3-7H2,1-2H3;8H,3-7H2,1-2H3. The van der Waals surface area contributed by atoms with Crippen molar-refractivity contribution < 1.29 is 4.74 Å². The molecule has 0 bridgehead atoms. The largest absolute Gasteiger partial charge is 0.379 e. The number of likely N-dealkylation sites (tertiary alicyclic amines) is 2. The molecule has 6 nitrogen and oxygen atoms in total. The summed E-state index contributed by atoms with van der Waals surface area (Å²) in [5.41, 5.74) is 0. The fourth-order valence-electron chi connectivity index (χ4n) is 5.99. The summed E-state index contributed by atoms with van der Waals surface area (Å²) in [6, 6.07) is 0. The molecule has 4 saturated heterocycles. The highest BCUT2D eigenvalue weighted by molar-refractivity contribution is 4.70. The minimum absolute atomic E-state index is 0.790. The van der Waals surface area contributed by atoms with E-state index in [1.807, 2.05) is 0 Å². The van der Waals surface area contributed by atoms with Crippen LogP contribution in [0.5, 0.6) is 0 Å². The van der Waals surface area contributed by atoms with Gasteiger partial charge in [0.05, 0.1) is 13.2 Å². The van der Waals surface area contributed by atoms with E-state index in [0.29, 0.717) is 0 Å². The summed E-state index contributed by atoms with van der Waals surface area (Å²) in [6.45, 7) is 37.9. The first-order chi connectivity index (χ1) is 19.0. The lowest BCUT2D eigenvalue weighted by molar-refractivity contribution is 0.0329. The molecule has 0 spiro atoms. The Bertz CT molecular complexity index is 521. The third-order valence-corrected chi connectivity index (χ3v) is 7.84. The zero-order valence-corrected chi connectivity index (χ0v) is 28.8. The SMILES string of the molecule is CC(C)CN1CCCC1.CC(C)CN1CCCCC1.CC(C)CN1CCN(C)CC1.CC(C)CN1CCOCC1. The van der Waals surface area contributed by atoms with Gasteiger partial charge in [0.2, 0.25) is 0 Å². The molecule has 4 rings (SSSR count). The maximum absolute atomic E-state index is 5.24. The zero-order chi connectivity index (χ0) is 29.8. The van der Waals surface area contributed by atoms with Gasteiger partial charge in [-0.05, 0) is 82.6 Å². The van der Waals surface area contributed by atoms with Crippen LogP contribution in [-0.2, 0) is 4.74 Å². The van der Waals surface area contributed by atoms with Crippen molar-refractivity contribution in [2.24, 2.45) is 23.7 Å². The van der Waals surface area contributed by atoms with E-state index in [1.165, 1.54) is 111 Å². The topological polar surface area (TPSA) is 25.4 Å². The Kier molecular flexibility index (Phi) is 22.0. The van der Waals surface area contributed by atoms with Gasteiger partial charge in [0.15, 0.2) is 0 Å². The number of ether oxygens (including phenoxy) is 1. The quantitative estimate of drug-likeness (QED) is 0.372. The van der Waals surface area contributed by atoms with E-state index in [9.17, 15) is 0 Å². The summed E-state index contributed by atoms with van der Waals surface area (Å²) in [7, 11) is 2.20. The van der Waals surface area contributed by atoms with E-state index in [4.69, 9.17) is 4.74 Å². The lowest BCUT2D eigenvalue weighted by Gasteiger charge is -2.33. The molecule has 4 fully saturated rings. The van der Waals surface area contributed by atoms with Crippen molar-refractivity contribution in [1.82, 2.24) is 24.5 Å². The van der Waals surface area contributed by atoms with Crippen LogP contribution < -0.4 is 0 Å². The van der Waals surface area contributed by atoms with Crippen LogP contribution in [0.4, 0.5) is 0 Å². The van der Waals surface area contributed by atoms with Crippen molar-refractivity contribution in [1.29, 1.82) is 0 Å². The molecular weight excluding hydrogens is 494 g/mol. The minimum atomic E-state index is 0.790. The summed E-state index contributed by atoms with van der Waals surface area (Å²) in [6.07, 6.45) is 7.15. The van der Waals surface area contributed by atoms with Gasteiger partial charge >= 0.3 is 0 Å². The van der Waals surface area contributed by atoms with Gasteiger partial charge in [-0.2, -0.15) is 0 Å². The third-order valence-electron chi connectivity index (χ3n) is 7.84. The Labute approximate surface area is 252 Å². The summed E-state index contributed by atoms with van der Waals surface area (Å²) in [5, 5.41) is 0. The Balaban J connectivity index is 0.000000267. The molecule has 0 amide bonds. The van der Waals surface area contributed by atoms with Crippen LogP contribution in [0.3, 0.4) is 0 Å². The van der Waals surface area contributed by atoms with Crippen LogP contribution in [-0.4, -0.2) is 136 Å². The van der Waals surface area contributed by atoms with E-state index in [2.05, 4.69) is 86.9 Å². The number of rotatable bonds is 8. The number of hydrogen-bond donors (Lipinski definition) is 0. The number of piperidine rings is 1. The van der Waals surface area contributed by atoms with E-state index in [0.717, 1.165) is 50.0 Å². The third kappa shape index (κ3) is 21.5. The number of hydrogen-bond acceptors (Lipinski definition) is 6. The van der Waals surface area contributed by atoms with Crippen LogP contribution in [0.15, 0.2) is 0 Å². The van der Waals surface area contributed by atoms with Gasteiger partial charge in [0, 0.05) is 65.4 Å². The first kappa shape index (κ1) is 37.8. The molecule has 240 valence electrons. The van der Waals surface area contributed by atoms with Crippen molar-refractivity contribution in [3.63, 3.8) is 0 Å². The highest BCUT2D eigenvalue weighted by atomic mass is 16.5. The highest BCUT2D eigenvalue weighted by Crippen LogP contribution is 2.10. The second-order valence-electron chi connectivity index (χ2n) is 14.5. The van der Waals surface area contributed by atoms with Gasteiger partial charge < -0.3 is 24.3 Å². The Hall–Kier alpha value is -0.240. The molecule has 0 saturated carbocycles. The van der Waals surface area contributed by atoms with Gasteiger partial charge in [0.25, 0.3) is 0 Å². The van der Waals surface area contributed by atoms with Gasteiger partial charge in [0.1, 0.15) is 0 Å². The van der Waals surface area contributed by atoms with E-state index in [1.54, 1.807) is 0 Å². The molecule has 0 radical (unpaired) electrons. The Morgan fingerprint density at radius 3 is 1.05 bits per heavy atom. The molecule has 0 N–H and O–H groups in total. The number of likely N-dealkylation sites (N-methyl/N-ethyl adjacent to an activating group) is 1. The molecule has 4 aliphatic heterocycles. The second kappa shape index (κ2) is 23.2. The second-order valence-corrected chi connectivity index (χ2v) is 14.5. The molecule has 0 aromatic rings. The van der Waals surface area contributed by atoms with Crippen LogP contribution >= 0.6 is 0 Å². The maximum Gasteiger partial charge on any atom is 0.0594 e. The van der Waals surface area contributed by atoms with Gasteiger partial charge in [-0.15, -0.1) is 0 Å². The molecule has 6 heteroatoms. The van der Waals surface area contributed by atoms with E-state index in [-0.39, 0.29) is 0 Å². The smallest absolute Gasteiger partial charge is 0.0594 e. The lowest BCUT2D eigenvalue weighted by Crippen LogP contribution is -2.45. The van der Waals surface area contributed by atoms with Crippen molar-refractivity contribution >= 4 is 0 Å². The average Bonchev–Trinajstić information content (AvgIpc) is 3.39. The predicted octanol–water partition coefficient (Wildman–Crippen LogP) is 5.73. The fourth-order valence-corrected chi connectivity index (χ4v) is 5.99. The normalized spacial score (nSPS) is 22.1. The van der Waals surface area contributed by atoms with Crippen LogP contribution in [0, 0.1) is 23.7 Å². The number of morpholine rings is 1. The zero-order valence-electron chi connectivity index (χ0n) is 28.8. The molecule has 0 atom stereocenters. The molecular formula is C34H73N5O. The Morgan fingerprint density at radius 1 is 0.400 bits per heavy atom. The van der Waals surface area contributed by atoms with E-state index >= 15 is 0 Å². The lowest BCUT2D eigenvalue weighted by atomic mass is 10.1. The average molecular weight is 568 g/mol. The van der Waals surface area contributed by atoms with Crippen molar-refractivity contribution in [3.05, 3.63) is 0 Å². The molecule has 0 unspecified atom stereocenters. The summed E-state index contributed by atoms with van der Waals surface area (Å²) in [5.74, 6) is 3.30. The fraction of sp³-hybridized carbons (Fsp3) is 1.00. The van der Waals surface area contributed by atoms with Gasteiger partial charge in [-0.3, -0.25) is 4.90 Å². The summed E-state index contributed by atoms with van der Waals surface area (Å²) >= 11 is 0. The number of nitrogens with zero attached hydrogens (tertiary/aromatic N) is 5. The molecule has 4 heterocycles. The molecule has 40 heavy (non-hydrogen) atoms.